The van der Waals surface area contributed by atoms with Gasteiger partial charge in [0.1, 0.15) is 0 Å². The molecule has 7 nitrogen and oxygen atoms in total. The first-order valence-corrected chi connectivity index (χ1v) is 5.82. The fourth-order valence-corrected chi connectivity index (χ4v) is 1.68. The van der Waals surface area contributed by atoms with Crippen molar-refractivity contribution in [3.8, 4) is 0 Å². The van der Waals surface area contributed by atoms with Crippen LogP contribution in [-0.4, -0.2) is 34.9 Å². The van der Waals surface area contributed by atoms with Crippen LogP contribution < -0.4 is 0 Å². The quantitative estimate of drug-likeness (QED) is 0.525. The molecule has 0 radical (unpaired) electrons. The monoisotopic (exact) mass is 326 g/mol. The van der Waals surface area contributed by atoms with Crippen molar-refractivity contribution in [2.75, 3.05) is 0 Å². The molecule has 0 rings (SSSR count). The second-order valence-corrected chi connectivity index (χ2v) is 4.61. The SMILES string of the molecule is O=C(C(F)(F)F)C(F)(F)OS(=O)(=O)OS(=O)(=O)F. The third-order valence-corrected chi connectivity index (χ3v) is 2.62. The molecule has 0 unspecified atom stereocenters. The second kappa shape index (κ2) is 4.63. The summed E-state index contributed by atoms with van der Waals surface area (Å²) in [7, 11) is -12.8. The van der Waals surface area contributed by atoms with E-state index in [2.05, 4.69) is 7.81 Å². The maximum atomic E-state index is 12.3. The van der Waals surface area contributed by atoms with E-state index in [1.54, 1.807) is 0 Å². The minimum Gasteiger partial charge on any atom is -0.280 e. The van der Waals surface area contributed by atoms with Crippen molar-refractivity contribution in [2.45, 2.75) is 12.3 Å². The zero-order valence-electron chi connectivity index (χ0n) is 7.44. The largest absolute Gasteiger partial charge is 0.459 e. The Balaban J connectivity index is 5.17. The highest BCUT2D eigenvalue weighted by Crippen LogP contribution is 2.30. The van der Waals surface area contributed by atoms with Crippen molar-refractivity contribution in [3.63, 3.8) is 0 Å². The molecule has 0 heterocycles. The maximum absolute atomic E-state index is 12.3. The number of hydrogen-bond donors (Lipinski definition) is 0. The molecule has 0 aromatic heterocycles. The van der Waals surface area contributed by atoms with E-state index in [1.165, 1.54) is 0 Å². The molecule has 0 aromatic carbocycles. The van der Waals surface area contributed by atoms with Gasteiger partial charge in [-0.1, -0.05) is 7.52 Å². The minimum absolute atomic E-state index is 2.22. The molecular weight excluding hydrogens is 326 g/mol. The van der Waals surface area contributed by atoms with Gasteiger partial charge in [-0.2, -0.15) is 43.0 Å². The third-order valence-electron chi connectivity index (χ3n) is 0.893. The van der Waals surface area contributed by atoms with Gasteiger partial charge in [0, 0.05) is 0 Å². The van der Waals surface area contributed by atoms with Crippen LogP contribution in [0.3, 0.4) is 0 Å². The maximum Gasteiger partial charge on any atom is 0.459 e. The first-order chi connectivity index (χ1) is 7.57. The van der Waals surface area contributed by atoms with Gasteiger partial charge in [-0.15, -0.1) is 0 Å². The molecule has 0 spiro atoms. The van der Waals surface area contributed by atoms with Crippen molar-refractivity contribution >= 4 is 26.7 Å². The number of hydrogen-bond acceptors (Lipinski definition) is 7. The van der Waals surface area contributed by atoms with Gasteiger partial charge in [-0.05, 0) is 0 Å². The molecule has 108 valence electrons. The Kier molecular flexibility index (Phi) is 4.39. The van der Waals surface area contributed by atoms with Crippen LogP contribution in [0.5, 0.6) is 0 Å². The molecule has 15 heteroatoms. The molecule has 0 aliphatic heterocycles. The zero-order valence-corrected chi connectivity index (χ0v) is 9.08. The Hall–Kier alpha value is -0.930. The Morgan fingerprint density at radius 2 is 1.33 bits per heavy atom. The summed E-state index contributed by atoms with van der Waals surface area (Å²) in [4.78, 5) is 9.97. The molecule has 0 aliphatic rings. The highest BCUT2D eigenvalue weighted by Gasteiger charge is 2.59. The van der Waals surface area contributed by atoms with Gasteiger partial charge in [0.05, 0.1) is 0 Å². The van der Waals surface area contributed by atoms with E-state index in [1.807, 2.05) is 0 Å². The van der Waals surface area contributed by atoms with Crippen LogP contribution in [0, 0.1) is 0 Å². The summed E-state index contributed by atoms with van der Waals surface area (Å²) < 4.78 is 115. The number of carbonyl (C=O) groups is 1. The van der Waals surface area contributed by atoms with Crippen LogP contribution in [0.15, 0.2) is 0 Å². The average Bonchev–Trinajstić information content (AvgIpc) is 1.93. The molecule has 0 fully saturated rings. The molecule has 0 amide bonds. The summed E-state index contributed by atoms with van der Waals surface area (Å²) in [5, 5.41) is 0. The number of carbonyl (C=O) groups excluding carboxylic acids is 1. The second-order valence-electron chi connectivity index (χ2n) is 2.30. The van der Waals surface area contributed by atoms with Crippen molar-refractivity contribution in [1.29, 1.82) is 0 Å². The number of Topliss-reactive ketones (excluding diaryl/α,β-unsaturated/α-hetero) is 1. The molecule has 0 N–H and O–H groups in total. The number of ketones is 1. The predicted octanol–water partition coefficient (Wildman–Crippen LogP) is 0.203. The van der Waals surface area contributed by atoms with E-state index in [9.17, 15) is 47.5 Å². The minimum atomic E-state index is -6.44. The summed E-state index contributed by atoms with van der Waals surface area (Å²) in [6.45, 7) is 0. The predicted molar refractivity (Wildman–Crippen MR) is 37.1 cm³/mol. The Bertz CT molecular complexity index is 528. The lowest BCUT2D eigenvalue weighted by atomic mass is 10.4. The summed E-state index contributed by atoms with van der Waals surface area (Å²) in [6, 6.07) is 0. The van der Waals surface area contributed by atoms with Crippen molar-refractivity contribution in [1.82, 2.24) is 0 Å². The Labute approximate surface area is 95.0 Å². The lowest BCUT2D eigenvalue weighted by Crippen LogP contribution is -2.43. The molecule has 0 aromatic rings. The van der Waals surface area contributed by atoms with Crippen LogP contribution in [0.1, 0.15) is 0 Å². The van der Waals surface area contributed by atoms with Gasteiger partial charge in [0.15, 0.2) is 0 Å². The molecule has 0 saturated heterocycles. The van der Waals surface area contributed by atoms with Crippen LogP contribution in [-0.2, 0) is 33.5 Å². The molecule has 0 aliphatic carbocycles. The van der Waals surface area contributed by atoms with E-state index < -0.39 is 39.0 Å². The zero-order chi connectivity index (χ0) is 15.0. The first-order valence-electron chi connectivity index (χ1n) is 3.17. The van der Waals surface area contributed by atoms with Crippen molar-refractivity contribution < 1.29 is 55.3 Å². The first kappa shape index (κ1) is 17.1. The van der Waals surface area contributed by atoms with Gasteiger partial charge in [-0.3, -0.25) is 4.79 Å². The lowest BCUT2D eigenvalue weighted by Gasteiger charge is -2.14. The summed E-state index contributed by atoms with van der Waals surface area (Å²) in [5.41, 5.74) is 0. The number of alkyl halides is 5. The van der Waals surface area contributed by atoms with Crippen molar-refractivity contribution in [3.05, 3.63) is 0 Å². The van der Waals surface area contributed by atoms with Gasteiger partial charge >= 0.3 is 39.0 Å². The van der Waals surface area contributed by atoms with E-state index >= 15 is 0 Å². The van der Waals surface area contributed by atoms with E-state index in [0.29, 0.717) is 0 Å². The third kappa shape index (κ3) is 5.61. The fraction of sp³-hybridized carbons (Fsp3) is 0.667. The van der Waals surface area contributed by atoms with Crippen molar-refractivity contribution in [2.24, 2.45) is 0 Å². The molecule has 18 heavy (non-hydrogen) atoms. The van der Waals surface area contributed by atoms with Crippen LogP contribution in [0.4, 0.5) is 25.8 Å². The Morgan fingerprint density at radius 3 is 1.61 bits per heavy atom. The summed E-state index contributed by atoms with van der Waals surface area (Å²) in [5.74, 6) is -3.96. The fourth-order valence-electron chi connectivity index (χ4n) is 0.444. The normalized spacial score (nSPS) is 14.6. The molecular formula is C3F6O7S2. The molecule has 0 saturated carbocycles. The number of halogens is 6. The van der Waals surface area contributed by atoms with Gasteiger partial charge < -0.3 is 0 Å². The topological polar surface area (TPSA) is 104 Å². The van der Waals surface area contributed by atoms with Gasteiger partial charge in [-0.25, -0.2) is 0 Å². The van der Waals surface area contributed by atoms with E-state index in [4.69, 9.17) is 0 Å². The highest BCUT2D eigenvalue weighted by molar-refractivity contribution is 7.95. The van der Waals surface area contributed by atoms with Crippen LogP contribution in [0.2, 0.25) is 0 Å². The highest BCUT2D eigenvalue weighted by atomic mass is 32.3. The van der Waals surface area contributed by atoms with Gasteiger partial charge in [0.25, 0.3) is 0 Å². The Morgan fingerprint density at radius 1 is 0.944 bits per heavy atom. The van der Waals surface area contributed by atoms with Gasteiger partial charge in [0.2, 0.25) is 0 Å². The molecule has 0 bridgehead atoms. The molecule has 0 atom stereocenters. The summed E-state index contributed by atoms with van der Waals surface area (Å²) in [6.07, 6.45) is -12.2. The van der Waals surface area contributed by atoms with E-state index in [-0.39, 0.29) is 0 Å². The van der Waals surface area contributed by atoms with Crippen LogP contribution >= 0.6 is 0 Å². The lowest BCUT2D eigenvalue weighted by molar-refractivity contribution is -0.230. The average molecular weight is 326 g/mol. The summed E-state index contributed by atoms with van der Waals surface area (Å²) >= 11 is 0. The standard InChI is InChI=1S/C3F6O7S2/c4-2(5,6)1(10)3(7,8)15-18(13,14)16-17(9,11)12. The van der Waals surface area contributed by atoms with Crippen LogP contribution in [0.25, 0.3) is 0 Å². The number of rotatable bonds is 5. The smallest absolute Gasteiger partial charge is 0.280 e. The van der Waals surface area contributed by atoms with E-state index in [0.717, 1.165) is 0 Å².